The lowest BCUT2D eigenvalue weighted by Crippen LogP contribution is -2.62. The van der Waals surface area contributed by atoms with E-state index in [1.807, 2.05) is 6.07 Å². The number of hydrogen-bond acceptors (Lipinski definition) is 6. The molecule has 8 heteroatoms. The van der Waals surface area contributed by atoms with Gasteiger partial charge in [-0.3, -0.25) is 4.90 Å². The molecule has 37 heavy (non-hydrogen) atoms. The molecule has 2 aromatic rings. The third kappa shape index (κ3) is 4.52. The molecule has 3 heterocycles. The van der Waals surface area contributed by atoms with Crippen molar-refractivity contribution >= 4 is 40.8 Å². The van der Waals surface area contributed by atoms with Crippen LogP contribution in [0.4, 0.5) is 16.2 Å². The van der Waals surface area contributed by atoms with E-state index in [1.165, 1.54) is 27.6 Å². The maximum absolute atomic E-state index is 12.9. The zero-order chi connectivity index (χ0) is 25.6. The van der Waals surface area contributed by atoms with Gasteiger partial charge in [-0.1, -0.05) is 54.8 Å². The van der Waals surface area contributed by atoms with E-state index in [-0.39, 0.29) is 12.1 Å². The second-order valence-corrected chi connectivity index (χ2v) is 12.6. The summed E-state index contributed by atoms with van der Waals surface area (Å²) in [4.78, 5) is 21.9. The van der Waals surface area contributed by atoms with Crippen molar-refractivity contribution in [1.29, 1.82) is 0 Å². The number of para-hydroxylation sites is 1. The lowest BCUT2D eigenvalue weighted by Gasteiger charge is -2.46. The van der Waals surface area contributed by atoms with Gasteiger partial charge < -0.3 is 19.6 Å². The predicted molar refractivity (Wildman–Crippen MR) is 148 cm³/mol. The highest BCUT2D eigenvalue weighted by Gasteiger charge is 2.63. The van der Waals surface area contributed by atoms with E-state index in [0.717, 1.165) is 63.3 Å². The largest absolute Gasteiger partial charge is 0.437 e. The molecule has 1 spiro atoms. The summed E-state index contributed by atoms with van der Waals surface area (Å²) < 4.78 is 6.00. The first-order valence-electron chi connectivity index (χ1n) is 13.7. The van der Waals surface area contributed by atoms with E-state index in [9.17, 15) is 9.90 Å². The molecule has 0 aromatic heterocycles. The highest BCUT2D eigenvalue weighted by atomic mass is 35.5. The number of benzene rings is 2. The first kappa shape index (κ1) is 25.4. The van der Waals surface area contributed by atoms with Crippen molar-refractivity contribution in [2.75, 3.05) is 31.1 Å². The van der Waals surface area contributed by atoms with E-state index in [2.05, 4.69) is 46.2 Å². The van der Waals surface area contributed by atoms with E-state index < -0.39 is 11.3 Å². The monoisotopic (exact) mass is 541 g/mol. The highest BCUT2D eigenvalue weighted by Crippen LogP contribution is 2.49. The molecule has 1 atom stereocenters. The summed E-state index contributed by atoms with van der Waals surface area (Å²) in [6, 6.07) is 14.8. The van der Waals surface area contributed by atoms with Crippen LogP contribution in [0.2, 0.25) is 5.02 Å². The van der Waals surface area contributed by atoms with Crippen LogP contribution in [0.5, 0.6) is 0 Å². The van der Waals surface area contributed by atoms with Gasteiger partial charge in [-0.15, -0.1) is 0 Å². The van der Waals surface area contributed by atoms with Crippen molar-refractivity contribution in [3.05, 3.63) is 47.5 Å². The fraction of sp³-hybridized carbons (Fsp3) is 0.552. The Kier molecular flexibility index (Phi) is 6.85. The SMILES string of the molecule is CC1(O)N(C2CCCCC2)C(=O)OC12CCN(CCCN1c3ccccc3Sc3ccc(Cl)cc31)CC2. The number of piperidine rings is 1. The Balaban J connectivity index is 1.09. The summed E-state index contributed by atoms with van der Waals surface area (Å²) in [5.41, 5.74) is 0.342. The molecule has 4 aliphatic rings. The first-order chi connectivity index (χ1) is 17.9. The topological polar surface area (TPSA) is 56.2 Å². The fourth-order valence-corrected chi connectivity index (χ4v) is 8.01. The Bertz CT molecular complexity index is 1160. The number of carbonyl (C=O) groups excluding carboxylic acids is 1. The van der Waals surface area contributed by atoms with Gasteiger partial charge in [0.25, 0.3) is 0 Å². The Morgan fingerprint density at radius 2 is 1.76 bits per heavy atom. The van der Waals surface area contributed by atoms with Gasteiger partial charge in [-0.05, 0) is 63.1 Å². The van der Waals surface area contributed by atoms with E-state index in [1.54, 1.807) is 23.6 Å². The molecule has 1 saturated carbocycles. The summed E-state index contributed by atoms with van der Waals surface area (Å²) in [7, 11) is 0. The molecule has 198 valence electrons. The van der Waals surface area contributed by atoms with Crippen LogP contribution in [-0.2, 0) is 4.74 Å². The molecule has 1 aliphatic carbocycles. The van der Waals surface area contributed by atoms with Crippen LogP contribution in [0.1, 0.15) is 58.3 Å². The number of likely N-dealkylation sites (tertiary alicyclic amines) is 1. The zero-order valence-corrected chi connectivity index (χ0v) is 23.1. The van der Waals surface area contributed by atoms with Crippen molar-refractivity contribution in [2.45, 2.75) is 85.4 Å². The minimum atomic E-state index is -1.25. The average molecular weight is 542 g/mol. The lowest BCUT2D eigenvalue weighted by molar-refractivity contribution is -0.173. The molecule has 1 N–H and O–H groups in total. The maximum atomic E-state index is 12.9. The third-order valence-corrected chi connectivity index (χ3v) is 10.2. The fourth-order valence-electron chi connectivity index (χ4n) is 6.76. The molecular formula is C29H36ClN3O3S. The minimum absolute atomic E-state index is 0.0932. The molecular weight excluding hydrogens is 506 g/mol. The van der Waals surface area contributed by atoms with Crippen molar-refractivity contribution < 1.29 is 14.6 Å². The van der Waals surface area contributed by atoms with Crippen LogP contribution >= 0.6 is 23.4 Å². The summed E-state index contributed by atoms with van der Waals surface area (Å²) in [6.45, 7) is 5.29. The van der Waals surface area contributed by atoms with Gasteiger partial charge in [0.15, 0.2) is 11.3 Å². The van der Waals surface area contributed by atoms with E-state index in [4.69, 9.17) is 16.3 Å². The molecule has 0 bridgehead atoms. The van der Waals surface area contributed by atoms with Gasteiger partial charge >= 0.3 is 6.09 Å². The number of fused-ring (bicyclic) bond motifs is 2. The van der Waals surface area contributed by atoms with Crippen molar-refractivity contribution in [3.63, 3.8) is 0 Å². The quantitative estimate of drug-likeness (QED) is 0.456. The third-order valence-electron chi connectivity index (χ3n) is 8.86. The Hall–Kier alpha value is -1.93. The van der Waals surface area contributed by atoms with Crippen LogP contribution < -0.4 is 4.90 Å². The van der Waals surface area contributed by atoms with Crippen molar-refractivity contribution in [2.24, 2.45) is 0 Å². The summed E-state index contributed by atoms with van der Waals surface area (Å²) >= 11 is 8.17. The first-order valence-corrected chi connectivity index (χ1v) is 14.9. The molecule has 2 saturated heterocycles. The Labute approximate surface area is 228 Å². The van der Waals surface area contributed by atoms with Crippen LogP contribution in [0.15, 0.2) is 52.3 Å². The van der Waals surface area contributed by atoms with Crippen LogP contribution in [0.3, 0.4) is 0 Å². The van der Waals surface area contributed by atoms with Crippen LogP contribution in [-0.4, -0.2) is 64.5 Å². The number of anilines is 2. The Morgan fingerprint density at radius 3 is 2.54 bits per heavy atom. The van der Waals surface area contributed by atoms with Gasteiger partial charge in [0, 0.05) is 53.3 Å². The number of amides is 1. The smallest absolute Gasteiger partial charge is 0.413 e. The second kappa shape index (κ2) is 9.99. The molecule has 1 unspecified atom stereocenters. The highest BCUT2D eigenvalue weighted by molar-refractivity contribution is 7.99. The summed E-state index contributed by atoms with van der Waals surface area (Å²) in [6.07, 6.45) is 7.35. The number of carbonyl (C=O) groups is 1. The number of rotatable bonds is 5. The zero-order valence-electron chi connectivity index (χ0n) is 21.5. The molecule has 3 aliphatic heterocycles. The van der Waals surface area contributed by atoms with Crippen molar-refractivity contribution in [1.82, 2.24) is 9.80 Å². The minimum Gasteiger partial charge on any atom is -0.437 e. The van der Waals surface area contributed by atoms with Gasteiger partial charge in [0.2, 0.25) is 0 Å². The molecule has 3 fully saturated rings. The number of hydrogen-bond donors (Lipinski definition) is 1. The molecule has 6 rings (SSSR count). The van der Waals surface area contributed by atoms with Crippen molar-refractivity contribution in [3.8, 4) is 0 Å². The van der Waals surface area contributed by atoms with Crippen LogP contribution in [0, 0.1) is 0 Å². The average Bonchev–Trinajstić information content (AvgIpc) is 3.09. The molecule has 0 radical (unpaired) electrons. The number of halogens is 1. The van der Waals surface area contributed by atoms with Gasteiger partial charge in [0.05, 0.1) is 11.4 Å². The maximum Gasteiger partial charge on any atom is 0.413 e. The molecule has 6 nitrogen and oxygen atoms in total. The lowest BCUT2D eigenvalue weighted by atomic mass is 9.80. The van der Waals surface area contributed by atoms with Gasteiger partial charge in [0.1, 0.15) is 0 Å². The number of aliphatic hydroxyl groups is 1. The summed E-state index contributed by atoms with van der Waals surface area (Å²) in [5, 5.41) is 12.4. The predicted octanol–water partition coefficient (Wildman–Crippen LogP) is 6.66. The van der Waals surface area contributed by atoms with E-state index in [0.29, 0.717) is 12.8 Å². The number of nitrogens with zero attached hydrogens (tertiary/aromatic N) is 3. The second-order valence-electron chi connectivity index (χ2n) is 11.1. The Morgan fingerprint density at radius 1 is 1.03 bits per heavy atom. The van der Waals surface area contributed by atoms with Gasteiger partial charge in [-0.25, -0.2) is 4.79 Å². The molecule has 1 amide bonds. The summed E-state index contributed by atoms with van der Waals surface area (Å²) in [5.74, 6) is 0. The standard InChI is InChI=1S/C29H36ClN3O3S/c1-28(35)29(36-27(34)33(28)22-8-3-2-4-9-22)14-18-31(19-15-29)16-7-17-32-23-10-5-6-11-25(23)37-26-13-12-21(30)20-24(26)32/h5-6,10-13,20,22,35H,2-4,7-9,14-19H2,1H3. The number of ether oxygens (including phenoxy) is 1. The van der Waals surface area contributed by atoms with Crippen LogP contribution in [0.25, 0.3) is 0 Å². The van der Waals surface area contributed by atoms with Gasteiger partial charge in [-0.2, -0.15) is 0 Å². The molecule has 2 aromatic carbocycles. The normalized spacial score (nSPS) is 25.8. The van der Waals surface area contributed by atoms with E-state index >= 15 is 0 Å².